The summed E-state index contributed by atoms with van der Waals surface area (Å²) < 4.78 is 8.88. The lowest BCUT2D eigenvalue weighted by Gasteiger charge is -2.22. The highest BCUT2D eigenvalue weighted by Crippen LogP contribution is 2.36. The van der Waals surface area contributed by atoms with Crippen LogP contribution >= 0.6 is 0 Å². The Hall–Kier alpha value is -2.97. The summed E-state index contributed by atoms with van der Waals surface area (Å²) >= 11 is 0. The molecule has 1 fully saturated rings. The second-order valence-electron chi connectivity index (χ2n) is 6.41. The van der Waals surface area contributed by atoms with Gasteiger partial charge < -0.3 is 9.64 Å². The Kier molecular flexibility index (Phi) is 4.06. The summed E-state index contributed by atoms with van der Waals surface area (Å²) in [5.41, 5.74) is 2.94. The minimum atomic E-state index is -0.357. The van der Waals surface area contributed by atoms with Crippen LogP contribution in [0.4, 0.5) is 5.69 Å². The van der Waals surface area contributed by atoms with E-state index in [2.05, 4.69) is 25.1 Å². The number of aromatic nitrogens is 6. The van der Waals surface area contributed by atoms with E-state index >= 15 is 0 Å². The zero-order valence-electron chi connectivity index (χ0n) is 15.1. The molecule has 1 aliphatic rings. The number of anilines is 1. The van der Waals surface area contributed by atoms with Gasteiger partial charge in [-0.1, -0.05) is 0 Å². The molecular formula is C17H21N7O2. The van der Waals surface area contributed by atoms with Gasteiger partial charge in [-0.15, -0.1) is 0 Å². The summed E-state index contributed by atoms with van der Waals surface area (Å²) in [5.74, 6) is -0.357. The van der Waals surface area contributed by atoms with Crippen LogP contribution in [-0.4, -0.2) is 55.2 Å². The molecule has 3 aromatic rings. The maximum Gasteiger partial charge on any atom is 0.341 e. The van der Waals surface area contributed by atoms with E-state index < -0.39 is 0 Å². The van der Waals surface area contributed by atoms with E-state index in [1.54, 1.807) is 30.5 Å². The van der Waals surface area contributed by atoms with Crippen LogP contribution in [0.3, 0.4) is 0 Å². The van der Waals surface area contributed by atoms with Gasteiger partial charge in [-0.25, -0.2) is 19.4 Å². The molecule has 9 nitrogen and oxygen atoms in total. The fourth-order valence-electron chi connectivity index (χ4n) is 3.65. The molecule has 0 spiro atoms. The maximum absolute atomic E-state index is 12.6. The molecule has 1 saturated heterocycles. The van der Waals surface area contributed by atoms with Crippen molar-refractivity contribution in [1.29, 1.82) is 0 Å². The fraction of sp³-hybridized carbons (Fsp3) is 0.471. The third-order valence-corrected chi connectivity index (χ3v) is 4.79. The summed E-state index contributed by atoms with van der Waals surface area (Å²) in [5, 5.41) is 9.64. The topological polar surface area (TPSA) is 91.0 Å². The van der Waals surface area contributed by atoms with Crippen LogP contribution in [-0.2, 0) is 11.8 Å². The molecular weight excluding hydrogens is 334 g/mol. The number of carbonyl (C=O) groups is 1. The molecule has 0 bridgehead atoms. The molecule has 0 aliphatic carbocycles. The van der Waals surface area contributed by atoms with E-state index in [-0.39, 0.29) is 12.0 Å². The molecule has 1 unspecified atom stereocenters. The van der Waals surface area contributed by atoms with Gasteiger partial charge >= 0.3 is 5.97 Å². The van der Waals surface area contributed by atoms with E-state index in [1.165, 1.54) is 0 Å². The van der Waals surface area contributed by atoms with Crippen molar-refractivity contribution in [2.45, 2.75) is 26.3 Å². The first-order chi connectivity index (χ1) is 12.6. The Labute approximate surface area is 150 Å². The Morgan fingerprint density at radius 2 is 2.27 bits per heavy atom. The number of hydrogen-bond donors (Lipinski definition) is 0. The van der Waals surface area contributed by atoms with Crippen molar-refractivity contribution in [3.63, 3.8) is 0 Å². The molecule has 9 heteroatoms. The van der Waals surface area contributed by atoms with Gasteiger partial charge in [0.25, 0.3) is 0 Å². The molecule has 0 aromatic carbocycles. The molecule has 4 heterocycles. The summed E-state index contributed by atoms with van der Waals surface area (Å²) in [6, 6.07) is 0.215. The second-order valence-corrected chi connectivity index (χ2v) is 6.41. The molecule has 3 aromatic heterocycles. The zero-order valence-corrected chi connectivity index (χ0v) is 15.1. The number of pyridine rings is 1. The monoisotopic (exact) mass is 355 g/mol. The first-order valence-electron chi connectivity index (χ1n) is 8.68. The summed E-state index contributed by atoms with van der Waals surface area (Å²) in [4.78, 5) is 23.2. The summed E-state index contributed by atoms with van der Waals surface area (Å²) in [6.45, 7) is 5.61. The quantitative estimate of drug-likeness (QED) is 0.655. The third-order valence-electron chi connectivity index (χ3n) is 4.79. The van der Waals surface area contributed by atoms with Crippen LogP contribution in [0, 0.1) is 6.92 Å². The highest BCUT2D eigenvalue weighted by atomic mass is 16.5. The van der Waals surface area contributed by atoms with Gasteiger partial charge in [0.2, 0.25) is 0 Å². The second kappa shape index (κ2) is 6.40. The Balaban J connectivity index is 1.81. The largest absolute Gasteiger partial charge is 0.462 e. The van der Waals surface area contributed by atoms with Crippen molar-refractivity contribution >= 4 is 22.7 Å². The van der Waals surface area contributed by atoms with Gasteiger partial charge in [0.05, 0.1) is 29.4 Å². The predicted octanol–water partition coefficient (Wildman–Crippen LogP) is 1.50. The number of fused-ring (bicyclic) bond motifs is 1. The lowest BCUT2D eigenvalue weighted by Crippen LogP contribution is -2.24. The van der Waals surface area contributed by atoms with Crippen molar-refractivity contribution in [2.75, 3.05) is 24.6 Å². The molecule has 1 aliphatic heterocycles. The van der Waals surface area contributed by atoms with Crippen LogP contribution in [0.5, 0.6) is 0 Å². The molecule has 0 amide bonds. The summed E-state index contributed by atoms with van der Waals surface area (Å²) in [7, 11) is 1.86. The minimum Gasteiger partial charge on any atom is -0.462 e. The molecule has 136 valence electrons. The number of ether oxygens (including phenoxy) is 1. The third kappa shape index (κ3) is 2.59. The number of carbonyl (C=O) groups excluding carboxylic acids is 1. The van der Waals surface area contributed by atoms with Gasteiger partial charge in [0.1, 0.15) is 18.2 Å². The van der Waals surface area contributed by atoms with Crippen LogP contribution in [0.2, 0.25) is 0 Å². The number of hydrogen-bond acceptors (Lipinski definition) is 7. The highest BCUT2D eigenvalue weighted by Gasteiger charge is 2.31. The number of esters is 1. The van der Waals surface area contributed by atoms with Crippen molar-refractivity contribution in [2.24, 2.45) is 7.05 Å². The lowest BCUT2D eigenvalue weighted by molar-refractivity contribution is 0.0527. The van der Waals surface area contributed by atoms with Crippen LogP contribution in [0.1, 0.15) is 35.4 Å². The Morgan fingerprint density at radius 1 is 1.42 bits per heavy atom. The van der Waals surface area contributed by atoms with Crippen molar-refractivity contribution in [1.82, 2.24) is 29.5 Å². The van der Waals surface area contributed by atoms with Crippen molar-refractivity contribution in [3.05, 3.63) is 30.1 Å². The van der Waals surface area contributed by atoms with Gasteiger partial charge in [0, 0.05) is 26.3 Å². The first-order valence-corrected chi connectivity index (χ1v) is 8.68. The molecule has 26 heavy (non-hydrogen) atoms. The smallest absolute Gasteiger partial charge is 0.341 e. The minimum absolute atomic E-state index is 0.215. The van der Waals surface area contributed by atoms with Crippen molar-refractivity contribution < 1.29 is 9.53 Å². The van der Waals surface area contributed by atoms with E-state index in [0.29, 0.717) is 12.2 Å². The van der Waals surface area contributed by atoms with Crippen LogP contribution < -0.4 is 4.90 Å². The average molecular weight is 355 g/mol. The number of aryl methyl sites for hydroxylation is 2. The molecule has 4 rings (SSSR count). The lowest BCUT2D eigenvalue weighted by atomic mass is 10.1. The van der Waals surface area contributed by atoms with E-state index in [1.807, 2.05) is 18.7 Å². The van der Waals surface area contributed by atoms with E-state index in [4.69, 9.17) is 4.74 Å². The zero-order chi connectivity index (χ0) is 18.3. The maximum atomic E-state index is 12.6. The SMILES string of the molecule is CCOC(=O)c1cnc2c(c(C)nn2C)c1N1CCC(n2cncn2)C1. The van der Waals surface area contributed by atoms with Crippen LogP contribution in [0.25, 0.3) is 11.0 Å². The number of rotatable bonds is 4. The molecule has 1 atom stereocenters. The average Bonchev–Trinajstić information content (AvgIpc) is 3.35. The summed E-state index contributed by atoms with van der Waals surface area (Å²) in [6.07, 6.45) is 5.80. The normalized spacial score (nSPS) is 17.2. The van der Waals surface area contributed by atoms with E-state index in [0.717, 1.165) is 41.9 Å². The van der Waals surface area contributed by atoms with Gasteiger partial charge in [-0.05, 0) is 20.3 Å². The van der Waals surface area contributed by atoms with Crippen LogP contribution in [0.15, 0.2) is 18.9 Å². The van der Waals surface area contributed by atoms with Gasteiger partial charge in [-0.3, -0.25) is 4.68 Å². The standard InChI is InChI=1S/C17H21N7O2/c1-4-26-17(25)13-7-19-16-14(11(2)21-22(16)3)15(13)23-6-5-12(8-23)24-10-18-9-20-24/h7,9-10,12H,4-6,8H2,1-3H3. The van der Waals surface area contributed by atoms with Gasteiger partial charge in [-0.2, -0.15) is 10.2 Å². The fourth-order valence-corrected chi connectivity index (χ4v) is 3.65. The molecule has 0 saturated carbocycles. The highest BCUT2D eigenvalue weighted by molar-refractivity contribution is 6.05. The van der Waals surface area contributed by atoms with E-state index in [9.17, 15) is 4.79 Å². The molecule has 0 N–H and O–H groups in total. The molecule has 0 radical (unpaired) electrons. The van der Waals surface area contributed by atoms with Crippen molar-refractivity contribution in [3.8, 4) is 0 Å². The Morgan fingerprint density at radius 3 is 3.00 bits per heavy atom. The first kappa shape index (κ1) is 16.5. The number of nitrogens with zero attached hydrogens (tertiary/aromatic N) is 7. The van der Waals surface area contributed by atoms with Gasteiger partial charge in [0.15, 0.2) is 5.65 Å². The Bertz CT molecular complexity index is 948. The predicted molar refractivity (Wildman–Crippen MR) is 95.1 cm³/mol.